The van der Waals surface area contributed by atoms with Gasteiger partial charge >= 0.3 is 0 Å². The highest BCUT2D eigenvalue weighted by Gasteiger charge is 2.17. The van der Waals surface area contributed by atoms with Crippen molar-refractivity contribution in [1.29, 1.82) is 0 Å². The van der Waals surface area contributed by atoms with Crippen molar-refractivity contribution in [3.63, 3.8) is 0 Å². The third kappa shape index (κ3) is 2.70. The lowest BCUT2D eigenvalue weighted by Crippen LogP contribution is -2.00. The molecule has 2 rings (SSSR count). The van der Waals surface area contributed by atoms with Gasteiger partial charge in [0.2, 0.25) is 0 Å². The largest absolute Gasteiger partial charge is 0.494 e. The molecular formula is C13H13BrO3. The van der Waals surface area contributed by atoms with Crippen molar-refractivity contribution in [2.75, 3.05) is 6.61 Å². The van der Waals surface area contributed by atoms with Gasteiger partial charge < -0.3 is 14.3 Å². The molecule has 0 amide bonds. The molecule has 1 aromatic heterocycles. The van der Waals surface area contributed by atoms with Gasteiger partial charge in [-0.2, -0.15) is 0 Å². The number of benzene rings is 1. The van der Waals surface area contributed by atoms with Crippen LogP contribution in [-0.2, 0) is 0 Å². The minimum atomic E-state index is -0.792. The Labute approximate surface area is 108 Å². The molecule has 0 aliphatic rings. The molecule has 2 aromatic rings. The van der Waals surface area contributed by atoms with Crippen molar-refractivity contribution < 1.29 is 14.3 Å². The van der Waals surface area contributed by atoms with E-state index >= 15 is 0 Å². The van der Waals surface area contributed by atoms with Crippen LogP contribution in [0.2, 0.25) is 0 Å². The second kappa shape index (κ2) is 5.38. The Morgan fingerprint density at radius 1 is 1.41 bits per heavy atom. The van der Waals surface area contributed by atoms with Gasteiger partial charge in [0.25, 0.3) is 0 Å². The van der Waals surface area contributed by atoms with Gasteiger partial charge in [-0.1, -0.05) is 12.1 Å². The average molecular weight is 297 g/mol. The van der Waals surface area contributed by atoms with Crippen molar-refractivity contribution in [3.05, 3.63) is 52.4 Å². The quantitative estimate of drug-likeness (QED) is 0.939. The van der Waals surface area contributed by atoms with E-state index in [2.05, 4.69) is 15.9 Å². The number of aliphatic hydroxyl groups is 1. The van der Waals surface area contributed by atoms with E-state index in [9.17, 15) is 5.11 Å². The molecule has 0 radical (unpaired) electrons. The number of rotatable bonds is 4. The van der Waals surface area contributed by atoms with Gasteiger partial charge in [0.15, 0.2) is 5.76 Å². The van der Waals surface area contributed by atoms with Crippen LogP contribution in [0.5, 0.6) is 5.75 Å². The SMILES string of the molecule is CCOc1cccc(C(O)c2occc2Br)c1. The van der Waals surface area contributed by atoms with Crippen LogP contribution in [0.3, 0.4) is 0 Å². The second-order valence-electron chi connectivity index (χ2n) is 3.54. The zero-order chi connectivity index (χ0) is 12.3. The Morgan fingerprint density at radius 2 is 2.24 bits per heavy atom. The summed E-state index contributed by atoms with van der Waals surface area (Å²) in [4.78, 5) is 0. The number of furan rings is 1. The summed E-state index contributed by atoms with van der Waals surface area (Å²) in [5.74, 6) is 1.24. The lowest BCUT2D eigenvalue weighted by atomic mass is 10.1. The lowest BCUT2D eigenvalue weighted by Gasteiger charge is -2.11. The van der Waals surface area contributed by atoms with Crippen LogP contribution in [0.25, 0.3) is 0 Å². The van der Waals surface area contributed by atoms with Gasteiger partial charge in [-0.15, -0.1) is 0 Å². The standard InChI is InChI=1S/C13H13BrO3/c1-2-16-10-5-3-4-9(8-10)12(15)13-11(14)6-7-17-13/h3-8,12,15H,2H2,1H3. The molecule has 0 fully saturated rings. The number of aliphatic hydroxyl groups excluding tert-OH is 1. The van der Waals surface area contributed by atoms with Crippen LogP contribution >= 0.6 is 15.9 Å². The van der Waals surface area contributed by atoms with E-state index in [1.165, 1.54) is 6.26 Å². The Balaban J connectivity index is 2.28. The Morgan fingerprint density at radius 3 is 2.88 bits per heavy atom. The maximum Gasteiger partial charge on any atom is 0.150 e. The van der Waals surface area contributed by atoms with E-state index in [0.717, 1.165) is 15.8 Å². The summed E-state index contributed by atoms with van der Waals surface area (Å²) >= 11 is 3.33. The van der Waals surface area contributed by atoms with E-state index in [0.29, 0.717) is 12.4 Å². The van der Waals surface area contributed by atoms with Crippen LogP contribution in [0.1, 0.15) is 24.4 Å². The maximum absolute atomic E-state index is 10.2. The number of ether oxygens (including phenoxy) is 1. The number of halogens is 1. The summed E-state index contributed by atoms with van der Waals surface area (Å²) in [5, 5.41) is 10.2. The molecule has 1 unspecified atom stereocenters. The molecule has 0 spiro atoms. The Kier molecular flexibility index (Phi) is 3.86. The first-order chi connectivity index (χ1) is 8.22. The molecule has 1 N–H and O–H groups in total. The molecule has 0 saturated carbocycles. The molecule has 1 aromatic carbocycles. The van der Waals surface area contributed by atoms with Crippen LogP contribution in [0.15, 0.2) is 45.5 Å². The van der Waals surface area contributed by atoms with Crippen LogP contribution in [-0.4, -0.2) is 11.7 Å². The van der Waals surface area contributed by atoms with Gasteiger partial charge in [0.05, 0.1) is 17.3 Å². The maximum atomic E-state index is 10.2. The predicted octanol–water partition coefficient (Wildman–Crippen LogP) is 3.52. The highest BCUT2D eigenvalue weighted by Crippen LogP contribution is 2.30. The molecule has 0 aliphatic carbocycles. The third-order valence-electron chi connectivity index (χ3n) is 2.38. The van der Waals surface area contributed by atoms with Crippen molar-refractivity contribution in [3.8, 4) is 5.75 Å². The molecular weight excluding hydrogens is 284 g/mol. The fourth-order valence-electron chi connectivity index (χ4n) is 1.59. The minimum Gasteiger partial charge on any atom is -0.494 e. The van der Waals surface area contributed by atoms with E-state index in [1.54, 1.807) is 6.07 Å². The third-order valence-corrected chi connectivity index (χ3v) is 3.03. The lowest BCUT2D eigenvalue weighted by molar-refractivity contribution is 0.187. The zero-order valence-electron chi connectivity index (χ0n) is 9.39. The molecule has 1 atom stereocenters. The molecule has 0 saturated heterocycles. The molecule has 90 valence electrons. The molecule has 3 nitrogen and oxygen atoms in total. The Hall–Kier alpha value is -1.26. The Bertz CT molecular complexity index is 493. The van der Waals surface area contributed by atoms with Gasteiger partial charge in [0.1, 0.15) is 11.9 Å². The normalized spacial score (nSPS) is 12.4. The van der Waals surface area contributed by atoms with Gasteiger partial charge in [-0.3, -0.25) is 0 Å². The first kappa shape index (κ1) is 12.2. The van der Waals surface area contributed by atoms with E-state index in [1.807, 2.05) is 31.2 Å². The first-order valence-electron chi connectivity index (χ1n) is 5.36. The van der Waals surface area contributed by atoms with Crippen molar-refractivity contribution in [2.24, 2.45) is 0 Å². The monoisotopic (exact) mass is 296 g/mol. The van der Waals surface area contributed by atoms with Gasteiger partial charge in [0, 0.05) is 0 Å². The van der Waals surface area contributed by atoms with Crippen molar-refractivity contribution in [1.82, 2.24) is 0 Å². The minimum absolute atomic E-state index is 0.499. The molecule has 1 heterocycles. The highest BCUT2D eigenvalue weighted by molar-refractivity contribution is 9.10. The van der Waals surface area contributed by atoms with Crippen LogP contribution in [0.4, 0.5) is 0 Å². The number of hydrogen-bond acceptors (Lipinski definition) is 3. The fourth-order valence-corrected chi connectivity index (χ4v) is 2.01. The summed E-state index contributed by atoms with van der Waals surface area (Å²) in [6.45, 7) is 2.52. The molecule has 4 heteroatoms. The molecule has 17 heavy (non-hydrogen) atoms. The predicted molar refractivity (Wildman–Crippen MR) is 68.1 cm³/mol. The summed E-state index contributed by atoms with van der Waals surface area (Å²) in [6.07, 6.45) is 0.745. The zero-order valence-corrected chi connectivity index (χ0v) is 11.0. The highest BCUT2D eigenvalue weighted by atomic mass is 79.9. The summed E-state index contributed by atoms with van der Waals surface area (Å²) < 4.78 is 11.4. The van der Waals surface area contributed by atoms with E-state index in [-0.39, 0.29) is 0 Å². The van der Waals surface area contributed by atoms with Crippen molar-refractivity contribution >= 4 is 15.9 Å². The fraction of sp³-hybridized carbons (Fsp3) is 0.231. The summed E-state index contributed by atoms with van der Waals surface area (Å²) in [7, 11) is 0. The van der Waals surface area contributed by atoms with Gasteiger partial charge in [-0.05, 0) is 46.6 Å². The van der Waals surface area contributed by atoms with Crippen LogP contribution in [0, 0.1) is 0 Å². The van der Waals surface area contributed by atoms with Crippen LogP contribution < -0.4 is 4.74 Å². The summed E-state index contributed by atoms with van der Waals surface area (Å²) in [6, 6.07) is 9.10. The first-order valence-corrected chi connectivity index (χ1v) is 6.15. The second-order valence-corrected chi connectivity index (χ2v) is 4.40. The van der Waals surface area contributed by atoms with E-state index < -0.39 is 6.10 Å². The number of hydrogen-bond donors (Lipinski definition) is 1. The smallest absolute Gasteiger partial charge is 0.150 e. The molecule has 0 aliphatic heterocycles. The van der Waals surface area contributed by atoms with E-state index in [4.69, 9.17) is 9.15 Å². The summed E-state index contributed by atoms with van der Waals surface area (Å²) in [5.41, 5.74) is 0.742. The van der Waals surface area contributed by atoms with Crippen molar-refractivity contribution in [2.45, 2.75) is 13.0 Å². The van der Waals surface area contributed by atoms with Gasteiger partial charge in [-0.25, -0.2) is 0 Å². The molecule has 0 bridgehead atoms. The average Bonchev–Trinajstić information content (AvgIpc) is 2.75. The topological polar surface area (TPSA) is 42.6 Å².